The van der Waals surface area contributed by atoms with Crippen molar-refractivity contribution < 1.29 is 4.74 Å². The first-order valence-corrected chi connectivity index (χ1v) is 7.70. The van der Waals surface area contributed by atoms with Crippen LogP contribution in [0, 0.1) is 0 Å². The van der Waals surface area contributed by atoms with E-state index < -0.39 is 0 Å². The molecule has 0 aromatic heterocycles. The van der Waals surface area contributed by atoms with Crippen LogP contribution in [0.15, 0.2) is 0 Å². The molecule has 3 aliphatic heterocycles. The highest BCUT2D eigenvalue weighted by atomic mass is 16.5. The largest absolute Gasteiger partial charge is 0.377 e. The molecule has 1 unspecified atom stereocenters. The first-order chi connectivity index (χ1) is 8.92. The fourth-order valence-corrected chi connectivity index (χ4v) is 3.57. The van der Waals surface area contributed by atoms with E-state index >= 15 is 0 Å². The van der Waals surface area contributed by atoms with Crippen LogP contribution in [-0.4, -0.2) is 74.4 Å². The van der Waals surface area contributed by atoms with E-state index in [1.54, 1.807) is 0 Å². The van der Waals surface area contributed by atoms with Gasteiger partial charge in [-0.2, -0.15) is 0 Å². The van der Waals surface area contributed by atoms with E-state index in [1.807, 2.05) is 0 Å². The second kappa shape index (κ2) is 6.33. The molecule has 0 aromatic carbocycles. The van der Waals surface area contributed by atoms with Crippen LogP contribution in [0.4, 0.5) is 0 Å². The van der Waals surface area contributed by atoms with E-state index in [0.29, 0.717) is 6.10 Å². The maximum Gasteiger partial charge on any atom is 0.0600 e. The third-order valence-corrected chi connectivity index (χ3v) is 4.72. The predicted molar refractivity (Wildman–Crippen MR) is 72.9 cm³/mol. The Hall–Kier alpha value is -0.160. The van der Waals surface area contributed by atoms with Gasteiger partial charge in [0.1, 0.15) is 0 Å². The number of piperidine rings is 1. The van der Waals surface area contributed by atoms with Gasteiger partial charge in [0.05, 0.1) is 12.7 Å². The molecule has 104 valence electrons. The lowest BCUT2D eigenvalue weighted by Gasteiger charge is -2.37. The van der Waals surface area contributed by atoms with Gasteiger partial charge >= 0.3 is 0 Å². The molecule has 0 saturated carbocycles. The smallest absolute Gasteiger partial charge is 0.0600 e. The van der Waals surface area contributed by atoms with Gasteiger partial charge < -0.3 is 10.1 Å². The second-order valence-electron chi connectivity index (χ2n) is 5.95. The Morgan fingerprint density at radius 1 is 1.06 bits per heavy atom. The van der Waals surface area contributed by atoms with Crippen LogP contribution in [0.3, 0.4) is 0 Å². The van der Waals surface area contributed by atoms with Gasteiger partial charge in [0, 0.05) is 32.2 Å². The Labute approximate surface area is 111 Å². The van der Waals surface area contributed by atoms with Crippen molar-refractivity contribution >= 4 is 0 Å². The molecule has 1 N–H and O–H groups in total. The standard InChI is InChI=1S/C14H27N3O/c1-2-13-12-16(8-9-17(13)7-1)10-11-18-14-3-5-15-6-4-14/h13-15H,1-12H2. The number of fused-ring (bicyclic) bond motifs is 1. The fraction of sp³-hybridized carbons (Fsp3) is 1.00. The lowest BCUT2D eigenvalue weighted by Crippen LogP contribution is -2.50. The molecule has 0 spiro atoms. The lowest BCUT2D eigenvalue weighted by atomic mass is 10.1. The monoisotopic (exact) mass is 253 g/mol. The lowest BCUT2D eigenvalue weighted by molar-refractivity contribution is 0.00865. The topological polar surface area (TPSA) is 27.7 Å². The summed E-state index contributed by atoms with van der Waals surface area (Å²) in [7, 11) is 0. The van der Waals surface area contributed by atoms with Crippen molar-refractivity contribution in [3.63, 3.8) is 0 Å². The van der Waals surface area contributed by atoms with Crippen LogP contribution in [0.1, 0.15) is 25.7 Å². The number of ether oxygens (including phenoxy) is 1. The zero-order chi connectivity index (χ0) is 12.2. The van der Waals surface area contributed by atoms with Crippen molar-refractivity contribution in [3.05, 3.63) is 0 Å². The van der Waals surface area contributed by atoms with E-state index in [1.165, 1.54) is 51.9 Å². The summed E-state index contributed by atoms with van der Waals surface area (Å²) < 4.78 is 6.00. The van der Waals surface area contributed by atoms with Crippen molar-refractivity contribution in [2.45, 2.75) is 37.8 Å². The van der Waals surface area contributed by atoms with E-state index in [2.05, 4.69) is 15.1 Å². The van der Waals surface area contributed by atoms with Crippen LogP contribution < -0.4 is 5.32 Å². The second-order valence-corrected chi connectivity index (χ2v) is 5.95. The number of nitrogens with one attached hydrogen (secondary N) is 1. The molecule has 3 aliphatic rings. The van der Waals surface area contributed by atoms with Gasteiger partial charge in [-0.15, -0.1) is 0 Å². The van der Waals surface area contributed by atoms with Crippen molar-refractivity contribution in [1.82, 2.24) is 15.1 Å². The summed E-state index contributed by atoms with van der Waals surface area (Å²) in [6, 6.07) is 0.845. The summed E-state index contributed by atoms with van der Waals surface area (Å²) in [5.74, 6) is 0. The molecule has 4 nitrogen and oxygen atoms in total. The highest BCUT2D eigenvalue weighted by Crippen LogP contribution is 2.21. The van der Waals surface area contributed by atoms with Crippen LogP contribution >= 0.6 is 0 Å². The molecule has 0 aliphatic carbocycles. The molecule has 18 heavy (non-hydrogen) atoms. The molecule has 3 fully saturated rings. The fourth-order valence-electron chi connectivity index (χ4n) is 3.57. The predicted octanol–water partition coefficient (Wildman–Crippen LogP) is 0.535. The normalized spacial score (nSPS) is 31.7. The van der Waals surface area contributed by atoms with Crippen molar-refractivity contribution in [3.8, 4) is 0 Å². The van der Waals surface area contributed by atoms with Crippen molar-refractivity contribution in [2.75, 3.05) is 52.4 Å². The summed E-state index contributed by atoms with van der Waals surface area (Å²) in [4.78, 5) is 5.28. The Bertz CT molecular complexity index is 255. The molecular weight excluding hydrogens is 226 g/mol. The summed E-state index contributed by atoms with van der Waals surface area (Å²) >= 11 is 0. The Morgan fingerprint density at radius 3 is 2.83 bits per heavy atom. The number of nitrogens with zero attached hydrogens (tertiary/aromatic N) is 2. The Kier molecular flexibility index (Phi) is 4.52. The molecule has 0 amide bonds. The number of rotatable bonds is 4. The quantitative estimate of drug-likeness (QED) is 0.791. The molecule has 0 aromatic rings. The van der Waals surface area contributed by atoms with E-state index in [-0.39, 0.29) is 0 Å². The van der Waals surface area contributed by atoms with Gasteiger partial charge in [0.2, 0.25) is 0 Å². The van der Waals surface area contributed by atoms with Gasteiger partial charge in [0.15, 0.2) is 0 Å². The van der Waals surface area contributed by atoms with Crippen LogP contribution in [0.5, 0.6) is 0 Å². The number of hydrogen-bond acceptors (Lipinski definition) is 4. The van der Waals surface area contributed by atoms with Gasteiger partial charge in [-0.25, -0.2) is 0 Å². The average molecular weight is 253 g/mol. The molecule has 3 heterocycles. The van der Waals surface area contributed by atoms with Gasteiger partial charge in [-0.05, 0) is 45.3 Å². The minimum Gasteiger partial charge on any atom is -0.377 e. The summed E-state index contributed by atoms with van der Waals surface area (Å²) in [5.41, 5.74) is 0. The van der Waals surface area contributed by atoms with E-state index in [0.717, 1.165) is 32.3 Å². The average Bonchev–Trinajstić information content (AvgIpc) is 2.87. The first-order valence-electron chi connectivity index (χ1n) is 7.70. The van der Waals surface area contributed by atoms with Crippen LogP contribution in [0.25, 0.3) is 0 Å². The first kappa shape index (κ1) is 12.9. The van der Waals surface area contributed by atoms with Crippen LogP contribution in [-0.2, 0) is 4.74 Å². The summed E-state index contributed by atoms with van der Waals surface area (Å²) in [6.07, 6.45) is 5.71. The summed E-state index contributed by atoms with van der Waals surface area (Å²) in [5, 5.41) is 3.38. The SMILES string of the molecule is C1CC2CN(CCOC3CCNCC3)CCN2C1. The Balaban J connectivity index is 1.33. The van der Waals surface area contributed by atoms with Gasteiger partial charge in [0.25, 0.3) is 0 Å². The molecule has 0 bridgehead atoms. The zero-order valence-corrected chi connectivity index (χ0v) is 11.4. The minimum atomic E-state index is 0.513. The van der Waals surface area contributed by atoms with Crippen molar-refractivity contribution in [1.29, 1.82) is 0 Å². The number of piperazine rings is 1. The van der Waals surface area contributed by atoms with Gasteiger partial charge in [-0.1, -0.05) is 0 Å². The minimum absolute atomic E-state index is 0.513. The van der Waals surface area contributed by atoms with Crippen LogP contribution in [0.2, 0.25) is 0 Å². The zero-order valence-electron chi connectivity index (χ0n) is 11.4. The van der Waals surface area contributed by atoms with E-state index in [4.69, 9.17) is 4.74 Å². The summed E-state index contributed by atoms with van der Waals surface area (Å²) in [6.45, 7) is 9.45. The molecule has 1 atom stereocenters. The third-order valence-electron chi connectivity index (χ3n) is 4.72. The molecular formula is C14H27N3O. The third kappa shape index (κ3) is 3.23. The Morgan fingerprint density at radius 2 is 1.94 bits per heavy atom. The van der Waals surface area contributed by atoms with E-state index in [9.17, 15) is 0 Å². The molecule has 3 rings (SSSR count). The molecule has 0 radical (unpaired) electrons. The highest BCUT2D eigenvalue weighted by Gasteiger charge is 2.30. The maximum atomic E-state index is 6.00. The maximum absolute atomic E-state index is 6.00. The van der Waals surface area contributed by atoms with Crippen molar-refractivity contribution in [2.24, 2.45) is 0 Å². The van der Waals surface area contributed by atoms with Gasteiger partial charge in [-0.3, -0.25) is 9.80 Å². The number of hydrogen-bond donors (Lipinski definition) is 1. The highest BCUT2D eigenvalue weighted by molar-refractivity contribution is 4.86. The molecule has 4 heteroatoms. The molecule has 3 saturated heterocycles.